The molecule has 0 aliphatic heterocycles. The van der Waals surface area contributed by atoms with Gasteiger partial charge >= 0.3 is 5.69 Å². The second kappa shape index (κ2) is 8.26. The van der Waals surface area contributed by atoms with Crippen LogP contribution in [-0.4, -0.2) is 28.0 Å². The number of hydrogen-bond acceptors (Lipinski definition) is 7. The first-order chi connectivity index (χ1) is 9.63. The van der Waals surface area contributed by atoms with Gasteiger partial charge in [-0.05, 0) is 12.8 Å². The highest BCUT2D eigenvalue weighted by molar-refractivity contribution is 5.58. The molecular formula is C12H22N6O2. The first-order valence-electron chi connectivity index (χ1n) is 6.87. The van der Waals surface area contributed by atoms with Gasteiger partial charge in [0, 0.05) is 13.1 Å². The monoisotopic (exact) mass is 282 g/mol. The molecule has 8 nitrogen and oxygen atoms in total. The minimum Gasteiger partial charge on any atom is -0.351 e. The summed E-state index contributed by atoms with van der Waals surface area (Å²) in [6.45, 7) is 5.63. The standard InChI is InChI=1S/C12H22N6O2/c1-3-5-7-17(8-6-4-2)11-10(18(19)20)9-14-12(15-11)16-13/h9H,3-8,13H2,1-2H3,(H,14,15,16). The van der Waals surface area contributed by atoms with Gasteiger partial charge in [-0.1, -0.05) is 26.7 Å². The van der Waals surface area contributed by atoms with E-state index in [1.165, 1.54) is 6.20 Å². The molecule has 0 amide bonds. The van der Waals surface area contributed by atoms with Crippen LogP contribution in [0.1, 0.15) is 39.5 Å². The maximum atomic E-state index is 11.1. The van der Waals surface area contributed by atoms with E-state index in [-0.39, 0.29) is 11.6 Å². The van der Waals surface area contributed by atoms with Gasteiger partial charge in [0.05, 0.1) is 4.92 Å². The number of hydrazine groups is 1. The number of anilines is 2. The number of nitro groups is 1. The van der Waals surface area contributed by atoms with Crippen LogP contribution in [0.5, 0.6) is 0 Å². The minimum atomic E-state index is -0.458. The number of unbranched alkanes of at least 4 members (excludes halogenated alkanes) is 2. The maximum Gasteiger partial charge on any atom is 0.329 e. The van der Waals surface area contributed by atoms with E-state index in [4.69, 9.17) is 5.84 Å². The summed E-state index contributed by atoms with van der Waals surface area (Å²) in [7, 11) is 0. The minimum absolute atomic E-state index is 0.0868. The number of nitrogen functional groups attached to an aromatic ring is 1. The molecule has 0 aliphatic carbocycles. The van der Waals surface area contributed by atoms with Crippen molar-refractivity contribution in [3.8, 4) is 0 Å². The summed E-state index contributed by atoms with van der Waals surface area (Å²) in [4.78, 5) is 20.6. The summed E-state index contributed by atoms with van der Waals surface area (Å²) >= 11 is 0. The summed E-state index contributed by atoms with van der Waals surface area (Å²) < 4.78 is 0. The van der Waals surface area contributed by atoms with Gasteiger partial charge in [0.1, 0.15) is 6.20 Å². The third-order valence-corrected chi connectivity index (χ3v) is 2.94. The first kappa shape index (κ1) is 16.1. The first-order valence-corrected chi connectivity index (χ1v) is 6.87. The van der Waals surface area contributed by atoms with Gasteiger partial charge in [-0.2, -0.15) is 4.98 Å². The number of nitrogens with zero attached hydrogens (tertiary/aromatic N) is 4. The van der Waals surface area contributed by atoms with Crippen molar-refractivity contribution >= 4 is 17.5 Å². The van der Waals surface area contributed by atoms with E-state index in [1.807, 2.05) is 4.90 Å². The van der Waals surface area contributed by atoms with Crippen molar-refractivity contribution in [3.63, 3.8) is 0 Å². The number of nitrogens with one attached hydrogen (secondary N) is 1. The second-order valence-corrected chi connectivity index (χ2v) is 4.50. The molecule has 0 spiro atoms. The molecule has 0 atom stereocenters. The highest BCUT2D eigenvalue weighted by Crippen LogP contribution is 2.26. The van der Waals surface area contributed by atoms with Crippen molar-refractivity contribution in [2.75, 3.05) is 23.4 Å². The summed E-state index contributed by atoms with van der Waals surface area (Å²) in [5, 5.41) is 11.1. The van der Waals surface area contributed by atoms with E-state index >= 15 is 0 Å². The van der Waals surface area contributed by atoms with Crippen LogP contribution < -0.4 is 16.2 Å². The Morgan fingerprint density at radius 1 is 1.35 bits per heavy atom. The predicted molar refractivity (Wildman–Crippen MR) is 78.5 cm³/mol. The number of nitrogens with two attached hydrogens (primary N) is 1. The molecule has 0 unspecified atom stereocenters. The van der Waals surface area contributed by atoms with Crippen LogP contribution in [0.25, 0.3) is 0 Å². The molecule has 1 aromatic rings. The Morgan fingerprint density at radius 3 is 2.40 bits per heavy atom. The Bertz CT molecular complexity index is 432. The fourth-order valence-corrected chi connectivity index (χ4v) is 1.82. The van der Waals surface area contributed by atoms with Crippen LogP contribution in [0.15, 0.2) is 6.20 Å². The molecule has 1 rings (SSSR count). The Morgan fingerprint density at radius 2 is 1.95 bits per heavy atom. The summed E-state index contributed by atoms with van der Waals surface area (Å²) in [6.07, 6.45) is 5.14. The number of rotatable bonds is 9. The molecule has 3 N–H and O–H groups in total. The van der Waals surface area contributed by atoms with Crippen molar-refractivity contribution in [1.29, 1.82) is 0 Å². The highest BCUT2D eigenvalue weighted by atomic mass is 16.6. The van der Waals surface area contributed by atoms with Crippen molar-refractivity contribution in [1.82, 2.24) is 9.97 Å². The molecule has 0 saturated carbocycles. The Balaban J connectivity index is 3.09. The third kappa shape index (κ3) is 4.30. The van der Waals surface area contributed by atoms with Gasteiger partial charge in [-0.3, -0.25) is 15.5 Å². The van der Waals surface area contributed by atoms with Gasteiger partial charge in [0.25, 0.3) is 0 Å². The van der Waals surface area contributed by atoms with Crippen LogP contribution >= 0.6 is 0 Å². The number of hydrogen-bond donors (Lipinski definition) is 2. The van der Waals surface area contributed by atoms with Gasteiger partial charge in [-0.25, -0.2) is 10.8 Å². The van der Waals surface area contributed by atoms with E-state index in [1.54, 1.807) is 0 Å². The summed E-state index contributed by atoms with van der Waals surface area (Å²) in [5.41, 5.74) is 2.24. The Kier molecular flexibility index (Phi) is 6.65. The lowest BCUT2D eigenvalue weighted by atomic mass is 10.2. The van der Waals surface area contributed by atoms with Gasteiger partial charge in [0.2, 0.25) is 11.8 Å². The molecule has 0 saturated heterocycles. The Hall–Kier alpha value is -1.96. The highest BCUT2D eigenvalue weighted by Gasteiger charge is 2.22. The van der Waals surface area contributed by atoms with E-state index in [9.17, 15) is 10.1 Å². The lowest BCUT2D eigenvalue weighted by Gasteiger charge is -2.23. The normalized spacial score (nSPS) is 10.3. The molecule has 0 aromatic carbocycles. The van der Waals surface area contributed by atoms with E-state index in [0.29, 0.717) is 5.82 Å². The molecule has 8 heteroatoms. The molecule has 112 valence electrons. The second-order valence-electron chi connectivity index (χ2n) is 4.50. The lowest BCUT2D eigenvalue weighted by molar-refractivity contribution is -0.384. The van der Waals surface area contributed by atoms with Crippen molar-refractivity contribution in [2.24, 2.45) is 5.84 Å². The van der Waals surface area contributed by atoms with Gasteiger partial charge < -0.3 is 4.90 Å². The summed E-state index contributed by atoms with van der Waals surface area (Å²) in [5.74, 6) is 5.80. The largest absolute Gasteiger partial charge is 0.351 e. The Labute approximate surface area is 118 Å². The zero-order valence-corrected chi connectivity index (χ0v) is 12.0. The maximum absolute atomic E-state index is 11.1. The van der Waals surface area contributed by atoms with Crippen molar-refractivity contribution in [3.05, 3.63) is 16.3 Å². The SMILES string of the molecule is CCCCN(CCCC)c1nc(NN)ncc1[N+](=O)[O-]. The average molecular weight is 282 g/mol. The molecule has 1 aromatic heterocycles. The number of aromatic nitrogens is 2. The zero-order valence-electron chi connectivity index (χ0n) is 12.0. The smallest absolute Gasteiger partial charge is 0.329 e. The van der Waals surface area contributed by atoms with Gasteiger partial charge in [-0.15, -0.1) is 0 Å². The van der Waals surface area contributed by atoms with Crippen molar-refractivity contribution in [2.45, 2.75) is 39.5 Å². The molecule has 1 heterocycles. The quantitative estimate of drug-likeness (QED) is 0.405. The molecule has 20 heavy (non-hydrogen) atoms. The lowest BCUT2D eigenvalue weighted by Crippen LogP contribution is -2.28. The van der Waals surface area contributed by atoms with E-state index in [2.05, 4.69) is 29.2 Å². The van der Waals surface area contributed by atoms with Gasteiger partial charge in [0.15, 0.2) is 0 Å². The molecule has 0 radical (unpaired) electrons. The van der Waals surface area contributed by atoms with Crippen LogP contribution in [0, 0.1) is 10.1 Å². The van der Waals surface area contributed by atoms with Crippen LogP contribution in [0.4, 0.5) is 17.5 Å². The molecule has 0 fully saturated rings. The fourth-order valence-electron chi connectivity index (χ4n) is 1.82. The third-order valence-electron chi connectivity index (χ3n) is 2.94. The average Bonchev–Trinajstić information content (AvgIpc) is 2.46. The molecular weight excluding hydrogens is 260 g/mol. The van der Waals surface area contributed by atoms with Crippen LogP contribution in [0.3, 0.4) is 0 Å². The fraction of sp³-hybridized carbons (Fsp3) is 0.667. The summed E-state index contributed by atoms with van der Waals surface area (Å²) in [6, 6.07) is 0. The predicted octanol–water partition coefficient (Wildman–Crippen LogP) is 2.08. The molecule has 0 aliphatic rings. The topological polar surface area (TPSA) is 110 Å². The van der Waals surface area contributed by atoms with Crippen LogP contribution in [-0.2, 0) is 0 Å². The van der Waals surface area contributed by atoms with Crippen molar-refractivity contribution < 1.29 is 4.92 Å². The molecule has 0 bridgehead atoms. The van der Waals surface area contributed by atoms with E-state index in [0.717, 1.165) is 38.8 Å². The zero-order chi connectivity index (χ0) is 15.0. The van der Waals surface area contributed by atoms with E-state index < -0.39 is 4.92 Å². The van der Waals surface area contributed by atoms with Crippen LogP contribution in [0.2, 0.25) is 0 Å².